The van der Waals surface area contributed by atoms with E-state index in [1.165, 1.54) is 4.90 Å². The van der Waals surface area contributed by atoms with Crippen molar-refractivity contribution in [3.63, 3.8) is 0 Å². The maximum atomic E-state index is 13.0. The zero-order chi connectivity index (χ0) is 18.4. The van der Waals surface area contributed by atoms with Crippen molar-refractivity contribution in [2.75, 3.05) is 13.1 Å². The molecule has 0 saturated carbocycles. The quantitative estimate of drug-likeness (QED) is 0.754. The van der Waals surface area contributed by atoms with Crippen LogP contribution in [0.4, 0.5) is 13.2 Å². The smallest absolute Gasteiger partial charge is 0.338 e. The molecule has 1 fully saturated rings. The molecule has 2 heterocycles. The number of benzene rings is 1. The van der Waals surface area contributed by atoms with Gasteiger partial charge in [0.1, 0.15) is 0 Å². The number of halogens is 3. The number of likely N-dealkylation sites (tertiary alicyclic amines) is 1. The fourth-order valence-corrected chi connectivity index (χ4v) is 3.43. The van der Waals surface area contributed by atoms with Gasteiger partial charge in [0.05, 0.1) is 17.0 Å². The van der Waals surface area contributed by atoms with Crippen molar-refractivity contribution < 1.29 is 18.0 Å². The van der Waals surface area contributed by atoms with Crippen LogP contribution < -0.4 is 0 Å². The Hall–Kier alpha value is -2.11. The summed E-state index contributed by atoms with van der Waals surface area (Å²) in [6, 6.07) is 5.43. The van der Waals surface area contributed by atoms with Crippen LogP contribution in [0, 0.1) is 26.7 Å². The van der Waals surface area contributed by atoms with Gasteiger partial charge in [-0.2, -0.15) is 13.2 Å². The molecule has 25 heavy (non-hydrogen) atoms. The molecule has 0 aliphatic carbocycles. The molecule has 1 aromatic carbocycles. The van der Waals surface area contributed by atoms with Gasteiger partial charge in [0.25, 0.3) is 5.91 Å². The van der Waals surface area contributed by atoms with Gasteiger partial charge in [0, 0.05) is 24.2 Å². The third kappa shape index (κ3) is 3.34. The maximum Gasteiger partial charge on any atom is 0.393 e. The van der Waals surface area contributed by atoms with E-state index in [0.29, 0.717) is 29.6 Å². The standard InChI is InChI=1S/C19H21F3N2O/c1-11-6-7-15-16(9-12(2)23-17(15)13(11)3)18(25)24-8-4-5-14(10-24)19(20,21)22/h6-7,9,14H,4-5,8,10H2,1-3H3/t14-/m1/s1. The first-order chi connectivity index (χ1) is 11.7. The molecule has 3 rings (SSSR count). The number of rotatable bonds is 1. The number of carbonyl (C=O) groups excluding carboxylic acids is 1. The molecule has 0 unspecified atom stereocenters. The molecule has 3 nitrogen and oxygen atoms in total. The Morgan fingerprint density at radius 1 is 1.24 bits per heavy atom. The summed E-state index contributed by atoms with van der Waals surface area (Å²) in [4.78, 5) is 18.8. The Labute approximate surface area is 144 Å². The first kappa shape index (κ1) is 17.7. The predicted molar refractivity (Wildman–Crippen MR) is 90.6 cm³/mol. The number of hydrogen-bond acceptors (Lipinski definition) is 2. The number of amides is 1. The minimum absolute atomic E-state index is 0.0850. The molecule has 0 N–H and O–H groups in total. The van der Waals surface area contributed by atoms with Crippen LogP contribution in [0.1, 0.15) is 40.0 Å². The van der Waals surface area contributed by atoms with E-state index >= 15 is 0 Å². The maximum absolute atomic E-state index is 13.0. The molecule has 134 valence electrons. The van der Waals surface area contributed by atoms with Gasteiger partial charge in [-0.3, -0.25) is 9.78 Å². The molecule has 1 atom stereocenters. The molecule has 6 heteroatoms. The van der Waals surface area contributed by atoms with Crippen molar-refractivity contribution in [1.29, 1.82) is 0 Å². The lowest BCUT2D eigenvalue weighted by Gasteiger charge is -2.34. The second-order valence-electron chi connectivity index (χ2n) is 6.85. The lowest BCUT2D eigenvalue weighted by atomic mass is 9.95. The number of carbonyl (C=O) groups is 1. The summed E-state index contributed by atoms with van der Waals surface area (Å²) in [6.45, 7) is 5.81. The fraction of sp³-hybridized carbons (Fsp3) is 0.474. The van der Waals surface area contributed by atoms with E-state index in [-0.39, 0.29) is 18.9 Å². The molecular formula is C19H21F3N2O. The average Bonchev–Trinajstić information content (AvgIpc) is 2.56. The number of aromatic nitrogens is 1. The van der Waals surface area contributed by atoms with Crippen LogP contribution in [-0.4, -0.2) is 35.1 Å². The molecule has 1 aromatic heterocycles. The predicted octanol–water partition coefficient (Wildman–Crippen LogP) is 4.57. The van der Waals surface area contributed by atoms with Crippen molar-refractivity contribution in [2.24, 2.45) is 5.92 Å². The third-order valence-electron chi connectivity index (χ3n) is 5.04. The monoisotopic (exact) mass is 350 g/mol. The van der Waals surface area contributed by atoms with E-state index in [0.717, 1.165) is 16.6 Å². The first-order valence-electron chi connectivity index (χ1n) is 8.42. The SMILES string of the molecule is Cc1cc(C(=O)N2CCC[C@@H](C(F)(F)F)C2)c2ccc(C)c(C)c2n1. The lowest BCUT2D eigenvalue weighted by Crippen LogP contribution is -2.44. The van der Waals surface area contributed by atoms with Crippen LogP contribution >= 0.6 is 0 Å². The number of alkyl halides is 3. The number of hydrogen-bond donors (Lipinski definition) is 0. The number of aryl methyl sites for hydroxylation is 3. The van der Waals surface area contributed by atoms with Crippen LogP contribution in [0.2, 0.25) is 0 Å². The Morgan fingerprint density at radius 2 is 1.96 bits per heavy atom. The first-order valence-corrected chi connectivity index (χ1v) is 8.42. The number of piperidine rings is 1. The topological polar surface area (TPSA) is 33.2 Å². The highest BCUT2D eigenvalue weighted by Gasteiger charge is 2.42. The summed E-state index contributed by atoms with van der Waals surface area (Å²) in [5.41, 5.74) is 3.93. The van der Waals surface area contributed by atoms with Gasteiger partial charge in [0.15, 0.2) is 0 Å². The number of fused-ring (bicyclic) bond motifs is 1. The van der Waals surface area contributed by atoms with Crippen LogP contribution in [-0.2, 0) is 0 Å². The summed E-state index contributed by atoms with van der Waals surface area (Å²) in [7, 11) is 0. The van der Waals surface area contributed by atoms with Gasteiger partial charge in [0.2, 0.25) is 0 Å². The van der Waals surface area contributed by atoms with Crippen molar-refractivity contribution in [3.05, 3.63) is 40.6 Å². The fourth-order valence-electron chi connectivity index (χ4n) is 3.43. The minimum atomic E-state index is -4.26. The molecule has 1 amide bonds. The van der Waals surface area contributed by atoms with Crippen LogP contribution in [0.15, 0.2) is 18.2 Å². The Kier molecular flexibility index (Phi) is 4.47. The normalized spacial score (nSPS) is 18.6. The molecule has 1 aliphatic rings. The molecule has 0 bridgehead atoms. The zero-order valence-corrected chi connectivity index (χ0v) is 14.6. The minimum Gasteiger partial charge on any atom is -0.338 e. The van der Waals surface area contributed by atoms with Gasteiger partial charge in [-0.05, 0) is 50.8 Å². The Morgan fingerprint density at radius 3 is 2.64 bits per heavy atom. The van der Waals surface area contributed by atoms with Gasteiger partial charge in [-0.25, -0.2) is 0 Å². The Balaban J connectivity index is 2.01. The molecule has 0 spiro atoms. The largest absolute Gasteiger partial charge is 0.393 e. The molecule has 2 aromatic rings. The highest BCUT2D eigenvalue weighted by Crippen LogP contribution is 2.34. The van der Waals surface area contributed by atoms with E-state index in [4.69, 9.17) is 0 Å². The van der Waals surface area contributed by atoms with Crippen molar-refractivity contribution in [1.82, 2.24) is 9.88 Å². The van der Waals surface area contributed by atoms with Crippen LogP contribution in [0.25, 0.3) is 10.9 Å². The van der Waals surface area contributed by atoms with Crippen LogP contribution in [0.3, 0.4) is 0 Å². The van der Waals surface area contributed by atoms with Gasteiger partial charge >= 0.3 is 6.18 Å². The van der Waals surface area contributed by atoms with Gasteiger partial charge in [-0.1, -0.05) is 12.1 Å². The molecular weight excluding hydrogens is 329 g/mol. The Bertz CT molecular complexity index is 830. The van der Waals surface area contributed by atoms with Crippen LogP contribution in [0.5, 0.6) is 0 Å². The number of nitrogens with zero attached hydrogens (tertiary/aromatic N) is 2. The van der Waals surface area contributed by atoms with E-state index in [1.54, 1.807) is 13.0 Å². The van der Waals surface area contributed by atoms with E-state index in [2.05, 4.69) is 4.98 Å². The van der Waals surface area contributed by atoms with Crippen molar-refractivity contribution in [3.8, 4) is 0 Å². The van der Waals surface area contributed by atoms with Gasteiger partial charge < -0.3 is 4.90 Å². The lowest BCUT2D eigenvalue weighted by molar-refractivity contribution is -0.184. The van der Waals surface area contributed by atoms with Crippen molar-refractivity contribution >= 4 is 16.8 Å². The molecule has 1 aliphatic heterocycles. The zero-order valence-electron chi connectivity index (χ0n) is 14.6. The van der Waals surface area contributed by atoms with E-state index < -0.39 is 12.1 Å². The van der Waals surface area contributed by atoms with E-state index in [9.17, 15) is 18.0 Å². The highest BCUT2D eigenvalue weighted by molar-refractivity contribution is 6.07. The molecule has 0 radical (unpaired) electrons. The summed E-state index contributed by atoms with van der Waals surface area (Å²) in [6.07, 6.45) is -3.80. The second-order valence-corrected chi connectivity index (χ2v) is 6.85. The highest BCUT2D eigenvalue weighted by atomic mass is 19.4. The summed E-state index contributed by atoms with van der Waals surface area (Å²) in [5.74, 6) is -1.78. The summed E-state index contributed by atoms with van der Waals surface area (Å²) in [5, 5.41) is 0.702. The third-order valence-corrected chi connectivity index (χ3v) is 5.04. The van der Waals surface area contributed by atoms with E-state index in [1.807, 2.05) is 26.0 Å². The van der Waals surface area contributed by atoms with Crippen molar-refractivity contribution in [2.45, 2.75) is 39.8 Å². The summed E-state index contributed by atoms with van der Waals surface area (Å²) >= 11 is 0. The summed E-state index contributed by atoms with van der Waals surface area (Å²) < 4.78 is 39.1. The second kappa shape index (κ2) is 6.32. The van der Waals surface area contributed by atoms with Gasteiger partial charge in [-0.15, -0.1) is 0 Å². The average molecular weight is 350 g/mol. The molecule has 1 saturated heterocycles. The number of pyridine rings is 1.